The lowest BCUT2D eigenvalue weighted by molar-refractivity contribution is 0.242. The predicted octanol–water partition coefficient (Wildman–Crippen LogP) is 2.77. The fourth-order valence-corrected chi connectivity index (χ4v) is 2.97. The van der Waals surface area contributed by atoms with Gasteiger partial charge in [-0.15, -0.1) is 0 Å². The van der Waals surface area contributed by atoms with Gasteiger partial charge >= 0.3 is 6.03 Å². The zero-order chi connectivity index (χ0) is 18.2. The number of hydrazine groups is 1. The van der Waals surface area contributed by atoms with E-state index in [1.54, 1.807) is 30.5 Å². The Hall–Kier alpha value is -3.27. The van der Waals surface area contributed by atoms with Crippen molar-refractivity contribution in [3.63, 3.8) is 0 Å². The topological polar surface area (TPSA) is 93.1 Å². The minimum atomic E-state index is -0.346. The Kier molecular flexibility index (Phi) is 5.88. The number of carbonyl (C=O) groups excluding carboxylic acids is 1. The van der Waals surface area contributed by atoms with Crippen molar-refractivity contribution in [2.24, 2.45) is 0 Å². The van der Waals surface area contributed by atoms with Crippen LogP contribution in [0.15, 0.2) is 42.6 Å². The maximum atomic E-state index is 12.0. The van der Waals surface area contributed by atoms with E-state index in [2.05, 4.69) is 32.1 Å². The second kappa shape index (κ2) is 8.72. The third-order valence-electron chi connectivity index (χ3n) is 4.27. The molecule has 2 amide bonds. The van der Waals surface area contributed by atoms with Crippen molar-refractivity contribution >= 4 is 17.5 Å². The number of nitrogens with zero attached hydrogens (tertiary/aromatic N) is 3. The number of hydrogen-bond donors (Lipinski definition) is 3. The summed E-state index contributed by atoms with van der Waals surface area (Å²) in [6.07, 6.45) is 5.40. The second-order valence-electron chi connectivity index (χ2n) is 6.16. The lowest BCUT2D eigenvalue weighted by Gasteiger charge is -2.29. The van der Waals surface area contributed by atoms with E-state index in [-0.39, 0.29) is 6.03 Å². The smallest absolute Gasteiger partial charge is 0.333 e. The molecule has 1 aromatic carbocycles. The van der Waals surface area contributed by atoms with Crippen LogP contribution in [0.4, 0.5) is 16.3 Å². The highest BCUT2D eigenvalue weighted by atomic mass is 16.2. The minimum Gasteiger partial charge on any atom is -0.356 e. The van der Waals surface area contributed by atoms with Crippen molar-refractivity contribution in [3.05, 3.63) is 53.7 Å². The number of hydrogen-bond acceptors (Lipinski definition) is 5. The van der Waals surface area contributed by atoms with Crippen LogP contribution in [0.5, 0.6) is 0 Å². The molecule has 0 aliphatic carbocycles. The number of benzene rings is 1. The molecule has 3 rings (SSSR count). The molecule has 0 saturated carbocycles. The highest BCUT2D eigenvalue weighted by molar-refractivity contribution is 5.75. The fourth-order valence-electron chi connectivity index (χ4n) is 2.97. The van der Waals surface area contributed by atoms with Crippen molar-refractivity contribution in [2.75, 3.05) is 23.4 Å². The van der Waals surface area contributed by atoms with Crippen molar-refractivity contribution in [3.8, 4) is 6.07 Å². The van der Waals surface area contributed by atoms with Crippen LogP contribution in [0.25, 0.3) is 0 Å². The SMILES string of the molecule is N#Cc1cccc(NNC(=O)NCc2cccnc2N2CCCCC2)c1. The van der Waals surface area contributed by atoms with E-state index in [0.29, 0.717) is 17.8 Å². The van der Waals surface area contributed by atoms with Gasteiger partial charge in [0.15, 0.2) is 0 Å². The summed E-state index contributed by atoms with van der Waals surface area (Å²) in [5.74, 6) is 0.946. The summed E-state index contributed by atoms with van der Waals surface area (Å²) in [6.45, 7) is 2.41. The molecule has 0 unspecified atom stereocenters. The standard InChI is InChI=1S/C19H22N6O/c20-13-15-6-4-8-17(12-15)23-24-19(26)22-14-16-7-5-9-21-18(16)25-10-2-1-3-11-25/h4-9,12,23H,1-3,10-11,14H2,(H2,22,24,26). The van der Waals surface area contributed by atoms with Crippen LogP contribution in [-0.2, 0) is 6.54 Å². The van der Waals surface area contributed by atoms with Gasteiger partial charge < -0.3 is 10.2 Å². The summed E-state index contributed by atoms with van der Waals surface area (Å²) in [4.78, 5) is 18.8. The molecule has 1 saturated heterocycles. The molecule has 7 heteroatoms. The number of piperidine rings is 1. The molecule has 0 atom stereocenters. The Morgan fingerprint density at radius 1 is 1.19 bits per heavy atom. The molecular weight excluding hydrogens is 328 g/mol. The highest BCUT2D eigenvalue weighted by Gasteiger charge is 2.15. The molecule has 1 aliphatic heterocycles. The first kappa shape index (κ1) is 17.5. The molecule has 0 radical (unpaired) electrons. The third-order valence-corrected chi connectivity index (χ3v) is 4.27. The average molecular weight is 350 g/mol. The highest BCUT2D eigenvalue weighted by Crippen LogP contribution is 2.21. The van der Waals surface area contributed by atoms with Gasteiger partial charge in [0, 0.05) is 31.4 Å². The normalized spacial score (nSPS) is 13.6. The predicted molar refractivity (Wildman–Crippen MR) is 100 cm³/mol. The molecule has 3 N–H and O–H groups in total. The van der Waals surface area contributed by atoms with Gasteiger partial charge in [-0.3, -0.25) is 10.9 Å². The summed E-state index contributed by atoms with van der Waals surface area (Å²) in [5, 5.41) is 11.7. The Morgan fingerprint density at radius 3 is 2.85 bits per heavy atom. The summed E-state index contributed by atoms with van der Waals surface area (Å²) < 4.78 is 0. The largest absolute Gasteiger partial charge is 0.356 e. The third kappa shape index (κ3) is 4.63. The number of aromatic nitrogens is 1. The van der Waals surface area contributed by atoms with Gasteiger partial charge in [-0.2, -0.15) is 5.26 Å². The van der Waals surface area contributed by atoms with Gasteiger partial charge in [-0.1, -0.05) is 12.1 Å². The second-order valence-corrected chi connectivity index (χ2v) is 6.16. The van der Waals surface area contributed by atoms with Crippen LogP contribution in [0.1, 0.15) is 30.4 Å². The summed E-state index contributed by atoms with van der Waals surface area (Å²) in [7, 11) is 0. The molecular formula is C19H22N6O. The van der Waals surface area contributed by atoms with Gasteiger partial charge in [0.2, 0.25) is 0 Å². The average Bonchev–Trinajstić information content (AvgIpc) is 2.71. The van der Waals surface area contributed by atoms with E-state index in [1.807, 2.05) is 12.1 Å². The van der Waals surface area contributed by atoms with Gasteiger partial charge in [0.25, 0.3) is 0 Å². The van der Waals surface area contributed by atoms with Crippen molar-refractivity contribution in [2.45, 2.75) is 25.8 Å². The summed E-state index contributed by atoms with van der Waals surface area (Å²) in [6, 6.07) is 12.5. The first-order chi connectivity index (χ1) is 12.8. The molecule has 2 aromatic rings. The number of nitrogens with one attached hydrogen (secondary N) is 3. The van der Waals surface area contributed by atoms with Crippen LogP contribution >= 0.6 is 0 Å². The first-order valence-corrected chi connectivity index (χ1v) is 8.75. The van der Waals surface area contributed by atoms with Crippen LogP contribution in [-0.4, -0.2) is 24.1 Å². The molecule has 0 bridgehead atoms. The Bertz CT molecular complexity index is 795. The van der Waals surface area contributed by atoms with E-state index in [4.69, 9.17) is 5.26 Å². The number of amides is 2. The van der Waals surface area contributed by atoms with Gasteiger partial charge in [-0.05, 0) is 43.5 Å². The molecule has 1 aliphatic rings. The zero-order valence-corrected chi connectivity index (χ0v) is 14.5. The number of anilines is 2. The van der Waals surface area contributed by atoms with E-state index >= 15 is 0 Å². The van der Waals surface area contributed by atoms with Gasteiger partial charge in [0.05, 0.1) is 17.3 Å². The van der Waals surface area contributed by atoms with E-state index in [9.17, 15) is 4.79 Å². The lowest BCUT2D eigenvalue weighted by atomic mass is 10.1. The summed E-state index contributed by atoms with van der Waals surface area (Å²) >= 11 is 0. The van der Waals surface area contributed by atoms with Gasteiger partial charge in [0.1, 0.15) is 5.82 Å². The first-order valence-electron chi connectivity index (χ1n) is 8.75. The summed E-state index contributed by atoms with van der Waals surface area (Å²) in [5.41, 5.74) is 7.54. The van der Waals surface area contributed by atoms with E-state index < -0.39 is 0 Å². The monoisotopic (exact) mass is 350 g/mol. The molecule has 0 spiro atoms. The molecule has 7 nitrogen and oxygen atoms in total. The van der Waals surface area contributed by atoms with Crippen molar-refractivity contribution in [1.82, 2.24) is 15.7 Å². The quantitative estimate of drug-likeness (QED) is 0.721. The van der Waals surface area contributed by atoms with E-state index in [1.165, 1.54) is 19.3 Å². The zero-order valence-electron chi connectivity index (χ0n) is 14.5. The van der Waals surface area contributed by atoms with Gasteiger partial charge in [-0.25, -0.2) is 9.78 Å². The Morgan fingerprint density at radius 2 is 2.04 bits per heavy atom. The van der Waals surface area contributed by atoms with E-state index in [0.717, 1.165) is 24.5 Å². The number of pyridine rings is 1. The minimum absolute atomic E-state index is 0.346. The molecule has 2 heterocycles. The van der Waals surface area contributed by atoms with Crippen LogP contribution in [0, 0.1) is 11.3 Å². The van der Waals surface area contributed by atoms with Crippen LogP contribution in [0.2, 0.25) is 0 Å². The Balaban J connectivity index is 1.54. The maximum Gasteiger partial charge on any atom is 0.333 e. The van der Waals surface area contributed by atoms with Crippen LogP contribution < -0.4 is 21.1 Å². The van der Waals surface area contributed by atoms with Crippen molar-refractivity contribution < 1.29 is 4.79 Å². The number of carbonyl (C=O) groups is 1. The molecule has 134 valence electrons. The molecule has 1 aromatic heterocycles. The van der Waals surface area contributed by atoms with Crippen molar-refractivity contribution in [1.29, 1.82) is 5.26 Å². The Labute approximate surface area is 153 Å². The number of urea groups is 1. The number of rotatable bonds is 5. The lowest BCUT2D eigenvalue weighted by Crippen LogP contribution is -2.39. The maximum absolute atomic E-state index is 12.0. The molecule has 26 heavy (non-hydrogen) atoms. The molecule has 1 fully saturated rings. The fraction of sp³-hybridized carbons (Fsp3) is 0.316. The van der Waals surface area contributed by atoms with Crippen LogP contribution in [0.3, 0.4) is 0 Å². The number of nitriles is 1.